The molecule has 1 unspecified atom stereocenters. The van der Waals surface area contributed by atoms with E-state index in [9.17, 15) is 9.59 Å². The maximum absolute atomic E-state index is 11.8. The third-order valence-electron chi connectivity index (χ3n) is 3.36. The van der Waals surface area contributed by atoms with Crippen LogP contribution in [0.4, 0.5) is 4.79 Å². The van der Waals surface area contributed by atoms with Gasteiger partial charge in [-0.1, -0.05) is 20.8 Å². The molecule has 6 nitrogen and oxygen atoms in total. The summed E-state index contributed by atoms with van der Waals surface area (Å²) in [5.74, 6) is -0.144. The summed E-state index contributed by atoms with van der Waals surface area (Å²) in [6.45, 7) is 8.20. The average Bonchev–Trinajstić information content (AvgIpc) is 3.06. The highest BCUT2D eigenvalue weighted by molar-refractivity contribution is 7.09. The van der Waals surface area contributed by atoms with Crippen LogP contribution in [0.1, 0.15) is 57.3 Å². The minimum absolute atomic E-state index is 0.000162. The van der Waals surface area contributed by atoms with Gasteiger partial charge >= 0.3 is 6.03 Å². The summed E-state index contributed by atoms with van der Waals surface area (Å²) in [7, 11) is 0. The van der Waals surface area contributed by atoms with Crippen LogP contribution in [-0.2, 0) is 10.2 Å². The number of hydrogen-bond acceptors (Lipinski definition) is 4. The standard InChI is InChI=1S/C15H24N4O2S/c1-9(13-19-11(8-22-13)15(2,3)4)17-14(21)16-7-12(20)18-10-5-6-10/h8-10H,5-7H2,1-4H3,(H,18,20)(H2,16,17,21). The Bertz CT molecular complexity index is 546. The topological polar surface area (TPSA) is 83.1 Å². The third kappa shape index (κ3) is 4.98. The molecule has 1 atom stereocenters. The first kappa shape index (κ1) is 16.7. The highest BCUT2D eigenvalue weighted by Gasteiger charge is 2.23. The molecule has 1 heterocycles. The monoisotopic (exact) mass is 324 g/mol. The van der Waals surface area contributed by atoms with Crippen molar-refractivity contribution < 1.29 is 9.59 Å². The van der Waals surface area contributed by atoms with Crippen molar-refractivity contribution in [3.8, 4) is 0 Å². The summed E-state index contributed by atoms with van der Waals surface area (Å²) >= 11 is 1.53. The number of carbonyl (C=O) groups excluding carboxylic acids is 2. The van der Waals surface area contributed by atoms with Crippen molar-refractivity contribution in [2.24, 2.45) is 0 Å². The van der Waals surface area contributed by atoms with E-state index in [-0.39, 0.29) is 29.9 Å². The molecule has 122 valence electrons. The van der Waals surface area contributed by atoms with Crippen molar-refractivity contribution in [2.45, 2.75) is 58.0 Å². The molecule has 1 fully saturated rings. The highest BCUT2D eigenvalue weighted by atomic mass is 32.1. The Kier molecular flexibility index (Phi) is 5.05. The zero-order valence-electron chi connectivity index (χ0n) is 13.5. The molecule has 1 saturated carbocycles. The molecular formula is C15H24N4O2S. The summed E-state index contributed by atoms with van der Waals surface area (Å²) < 4.78 is 0. The number of hydrogen-bond donors (Lipinski definition) is 3. The normalized spacial score (nSPS) is 16.0. The Balaban J connectivity index is 1.77. The van der Waals surface area contributed by atoms with Gasteiger partial charge in [0.25, 0.3) is 0 Å². The van der Waals surface area contributed by atoms with Crippen LogP contribution in [0.15, 0.2) is 5.38 Å². The summed E-state index contributed by atoms with van der Waals surface area (Å²) in [4.78, 5) is 27.9. The lowest BCUT2D eigenvalue weighted by Gasteiger charge is -2.15. The van der Waals surface area contributed by atoms with Crippen molar-refractivity contribution in [1.29, 1.82) is 0 Å². The molecule has 1 aromatic rings. The molecule has 22 heavy (non-hydrogen) atoms. The van der Waals surface area contributed by atoms with Crippen LogP contribution in [0, 0.1) is 0 Å². The first-order chi connectivity index (χ1) is 10.3. The molecule has 2 rings (SSSR count). The number of nitrogens with one attached hydrogen (secondary N) is 3. The van der Waals surface area contributed by atoms with E-state index in [0.717, 1.165) is 23.5 Å². The first-order valence-corrected chi connectivity index (χ1v) is 8.43. The lowest BCUT2D eigenvalue weighted by atomic mass is 9.93. The molecule has 0 saturated heterocycles. The molecule has 0 aromatic carbocycles. The van der Waals surface area contributed by atoms with Gasteiger partial charge < -0.3 is 16.0 Å². The summed E-state index contributed by atoms with van der Waals surface area (Å²) in [5, 5.41) is 11.1. The van der Waals surface area contributed by atoms with Gasteiger partial charge in [0, 0.05) is 16.8 Å². The van der Waals surface area contributed by atoms with Gasteiger partial charge in [-0.2, -0.15) is 0 Å². The Morgan fingerprint density at radius 3 is 2.64 bits per heavy atom. The van der Waals surface area contributed by atoms with E-state index in [1.165, 1.54) is 11.3 Å². The fourth-order valence-electron chi connectivity index (χ4n) is 1.81. The lowest BCUT2D eigenvalue weighted by molar-refractivity contribution is -0.120. The van der Waals surface area contributed by atoms with E-state index in [2.05, 4.69) is 41.7 Å². The zero-order chi connectivity index (χ0) is 16.3. The minimum atomic E-state index is -0.356. The molecule has 1 aliphatic carbocycles. The second-order valence-corrected chi connectivity index (χ2v) is 7.60. The van der Waals surface area contributed by atoms with Crippen LogP contribution in [0.25, 0.3) is 0 Å². The molecule has 3 N–H and O–H groups in total. The van der Waals surface area contributed by atoms with Crippen LogP contribution in [0.5, 0.6) is 0 Å². The Morgan fingerprint density at radius 1 is 1.41 bits per heavy atom. The Hall–Kier alpha value is -1.63. The van der Waals surface area contributed by atoms with Crippen molar-refractivity contribution in [3.63, 3.8) is 0 Å². The van der Waals surface area contributed by atoms with Gasteiger partial charge in [0.05, 0.1) is 18.3 Å². The second kappa shape index (κ2) is 6.64. The van der Waals surface area contributed by atoms with Crippen molar-refractivity contribution in [3.05, 3.63) is 16.1 Å². The number of aromatic nitrogens is 1. The lowest BCUT2D eigenvalue weighted by Crippen LogP contribution is -2.43. The van der Waals surface area contributed by atoms with Crippen LogP contribution in [0.3, 0.4) is 0 Å². The van der Waals surface area contributed by atoms with Crippen LogP contribution < -0.4 is 16.0 Å². The number of amides is 3. The number of thiazole rings is 1. The van der Waals surface area contributed by atoms with E-state index in [4.69, 9.17) is 0 Å². The molecule has 0 radical (unpaired) electrons. The summed E-state index contributed by atoms with van der Waals surface area (Å²) in [6, 6.07) is -0.235. The first-order valence-electron chi connectivity index (χ1n) is 7.55. The highest BCUT2D eigenvalue weighted by Crippen LogP contribution is 2.26. The maximum atomic E-state index is 11.8. The molecule has 3 amide bonds. The fourth-order valence-corrected chi connectivity index (χ4v) is 2.86. The molecular weight excluding hydrogens is 300 g/mol. The number of rotatable bonds is 5. The molecule has 1 aliphatic rings. The quantitative estimate of drug-likeness (QED) is 0.775. The van der Waals surface area contributed by atoms with Gasteiger partial charge in [0.15, 0.2) is 0 Å². The van der Waals surface area contributed by atoms with Gasteiger partial charge in [0.1, 0.15) is 5.01 Å². The number of urea groups is 1. The average molecular weight is 324 g/mol. The van der Waals surface area contributed by atoms with E-state index >= 15 is 0 Å². The molecule has 1 aromatic heterocycles. The number of nitrogens with zero attached hydrogens (tertiary/aromatic N) is 1. The Morgan fingerprint density at radius 2 is 2.09 bits per heavy atom. The van der Waals surface area contributed by atoms with Gasteiger partial charge in [0.2, 0.25) is 5.91 Å². The third-order valence-corrected chi connectivity index (χ3v) is 4.39. The molecule has 0 spiro atoms. The van der Waals surface area contributed by atoms with E-state index in [1.54, 1.807) is 0 Å². The SMILES string of the molecule is CC(NC(=O)NCC(=O)NC1CC1)c1nc(C(C)(C)C)cs1. The summed E-state index contributed by atoms with van der Waals surface area (Å²) in [5.41, 5.74) is 1.02. The minimum Gasteiger partial charge on any atom is -0.352 e. The van der Waals surface area contributed by atoms with Gasteiger partial charge in [-0.25, -0.2) is 9.78 Å². The van der Waals surface area contributed by atoms with Gasteiger partial charge in [-0.3, -0.25) is 4.79 Å². The van der Waals surface area contributed by atoms with Crippen LogP contribution in [-0.4, -0.2) is 29.5 Å². The largest absolute Gasteiger partial charge is 0.352 e. The van der Waals surface area contributed by atoms with Gasteiger partial charge in [-0.15, -0.1) is 11.3 Å². The van der Waals surface area contributed by atoms with E-state index in [1.807, 2.05) is 12.3 Å². The zero-order valence-corrected chi connectivity index (χ0v) is 14.3. The number of carbonyl (C=O) groups is 2. The Labute approximate surface area is 135 Å². The van der Waals surface area contributed by atoms with Crippen molar-refractivity contribution in [2.75, 3.05) is 6.54 Å². The smallest absolute Gasteiger partial charge is 0.315 e. The predicted octanol–water partition coefficient (Wildman–Crippen LogP) is 2.08. The van der Waals surface area contributed by atoms with E-state index in [0.29, 0.717) is 6.04 Å². The van der Waals surface area contributed by atoms with E-state index < -0.39 is 0 Å². The van der Waals surface area contributed by atoms with Crippen molar-refractivity contribution in [1.82, 2.24) is 20.9 Å². The van der Waals surface area contributed by atoms with Gasteiger partial charge in [-0.05, 0) is 19.8 Å². The summed E-state index contributed by atoms with van der Waals surface area (Å²) in [6.07, 6.45) is 2.07. The second-order valence-electron chi connectivity index (χ2n) is 6.71. The van der Waals surface area contributed by atoms with Crippen LogP contribution in [0.2, 0.25) is 0 Å². The van der Waals surface area contributed by atoms with Crippen molar-refractivity contribution >= 4 is 23.3 Å². The maximum Gasteiger partial charge on any atom is 0.315 e. The predicted molar refractivity (Wildman–Crippen MR) is 86.9 cm³/mol. The molecule has 0 aliphatic heterocycles. The fraction of sp³-hybridized carbons (Fsp3) is 0.667. The molecule has 7 heteroatoms. The molecule has 0 bridgehead atoms. The van der Waals surface area contributed by atoms with Crippen LogP contribution >= 0.6 is 11.3 Å².